The number of rotatable bonds is 6. The molecular formula is C19H21FN2O. The Balaban J connectivity index is 1.96. The zero-order valence-electron chi connectivity index (χ0n) is 13.2. The first kappa shape index (κ1) is 15.7. The second-order valence-corrected chi connectivity index (χ2v) is 5.77. The van der Waals surface area contributed by atoms with Crippen molar-refractivity contribution in [3.05, 3.63) is 65.7 Å². The van der Waals surface area contributed by atoms with Crippen molar-refractivity contribution >= 4 is 11.0 Å². The van der Waals surface area contributed by atoms with Gasteiger partial charge >= 0.3 is 0 Å². The number of hydrogen-bond acceptors (Lipinski definition) is 2. The van der Waals surface area contributed by atoms with Crippen LogP contribution in [-0.2, 0) is 13.0 Å². The third-order valence-electron chi connectivity index (χ3n) is 4.11. The largest absolute Gasteiger partial charge is 0.386 e. The number of unbranched alkanes of at least 4 members (excludes halogenated alkanes) is 1. The summed E-state index contributed by atoms with van der Waals surface area (Å²) in [5.74, 6) is 0.572. The van der Waals surface area contributed by atoms with Gasteiger partial charge in [0.15, 0.2) is 0 Å². The number of fused-ring (bicyclic) bond motifs is 1. The number of imidazole rings is 1. The molecule has 1 aromatic heterocycles. The van der Waals surface area contributed by atoms with E-state index in [9.17, 15) is 9.50 Å². The molecule has 1 N–H and O–H groups in total. The molecule has 0 aliphatic rings. The predicted octanol–water partition coefficient (Wildman–Crippen LogP) is 4.25. The number of aliphatic hydroxyl groups excluding tert-OH is 1. The lowest BCUT2D eigenvalue weighted by Gasteiger charge is -2.15. The first-order chi connectivity index (χ1) is 11.2. The molecule has 1 heterocycles. The topological polar surface area (TPSA) is 38.0 Å². The lowest BCUT2D eigenvalue weighted by molar-refractivity contribution is 0.152. The van der Waals surface area contributed by atoms with E-state index in [1.807, 2.05) is 28.8 Å². The molecule has 120 valence electrons. The predicted molar refractivity (Wildman–Crippen MR) is 89.7 cm³/mol. The van der Waals surface area contributed by atoms with Gasteiger partial charge in [-0.05, 0) is 24.6 Å². The molecule has 0 amide bonds. The minimum absolute atomic E-state index is 0.306. The number of hydrogen-bond donors (Lipinski definition) is 1. The maximum Gasteiger partial charge on any atom is 0.129 e. The van der Waals surface area contributed by atoms with E-state index in [0.717, 1.165) is 36.1 Å². The number of aliphatic hydroxyl groups is 1. The molecule has 0 aliphatic heterocycles. The molecule has 23 heavy (non-hydrogen) atoms. The van der Waals surface area contributed by atoms with E-state index in [4.69, 9.17) is 0 Å². The molecule has 0 radical (unpaired) electrons. The van der Waals surface area contributed by atoms with E-state index >= 15 is 0 Å². The van der Waals surface area contributed by atoms with Crippen LogP contribution in [-0.4, -0.2) is 14.7 Å². The second-order valence-electron chi connectivity index (χ2n) is 5.77. The molecule has 0 fully saturated rings. The highest BCUT2D eigenvalue weighted by Crippen LogP contribution is 2.23. The van der Waals surface area contributed by atoms with Gasteiger partial charge in [-0.2, -0.15) is 0 Å². The number of nitrogens with zero attached hydrogens (tertiary/aromatic N) is 2. The first-order valence-electron chi connectivity index (χ1n) is 8.07. The van der Waals surface area contributed by atoms with Crippen LogP contribution in [0.3, 0.4) is 0 Å². The molecule has 0 bridgehead atoms. The average Bonchev–Trinajstić information content (AvgIpc) is 2.91. The summed E-state index contributed by atoms with van der Waals surface area (Å²) in [6, 6.07) is 14.3. The summed E-state index contributed by atoms with van der Waals surface area (Å²) in [4.78, 5) is 4.68. The fourth-order valence-corrected chi connectivity index (χ4v) is 2.87. The summed E-state index contributed by atoms with van der Waals surface area (Å²) in [5, 5.41) is 10.5. The summed E-state index contributed by atoms with van der Waals surface area (Å²) in [5.41, 5.74) is 2.22. The number of halogens is 1. The zero-order valence-corrected chi connectivity index (χ0v) is 13.2. The van der Waals surface area contributed by atoms with Crippen LogP contribution in [0.25, 0.3) is 11.0 Å². The van der Waals surface area contributed by atoms with Crippen LogP contribution in [0.4, 0.5) is 4.39 Å². The molecule has 2 aromatic carbocycles. The van der Waals surface area contributed by atoms with Crippen molar-refractivity contribution in [2.45, 2.75) is 38.8 Å². The third-order valence-corrected chi connectivity index (χ3v) is 4.11. The van der Waals surface area contributed by atoms with Crippen LogP contribution < -0.4 is 0 Å². The van der Waals surface area contributed by atoms with Crippen molar-refractivity contribution in [1.82, 2.24) is 9.55 Å². The zero-order chi connectivity index (χ0) is 16.2. The molecule has 1 atom stereocenters. The molecule has 4 heteroatoms. The molecule has 3 rings (SSSR count). The van der Waals surface area contributed by atoms with Crippen LogP contribution in [0.5, 0.6) is 0 Å². The van der Waals surface area contributed by atoms with Crippen molar-refractivity contribution in [2.24, 2.45) is 0 Å². The summed E-state index contributed by atoms with van der Waals surface area (Å²) >= 11 is 0. The molecular weight excluding hydrogens is 291 g/mol. The van der Waals surface area contributed by atoms with Gasteiger partial charge in [0, 0.05) is 12.0 Å². The van der Waals surface area contributed by atoms with E-state index in [0.29, 0.717) is 12.1 Å². The Hall–Kier alpha value is -2.20. The lowest BCUT2D eigenvalue weighted by atomic mass is 10.1. The van der Waals surface area contributed by atoms with Crippen LogP contribution in [0, 0.1) is 5.82 Å². The van der Waals surface area contributed by atoms with Gasteiger partial charge < -0.3 is 9.67 Å². The van der Waals surface area contributed by atoms with Gasteiger partial charge in [0.05, 0.1) is 23.7 Å². The Morgan fingerprint density at radius 2 is 1.87 bits per heavy atom. The fourth-order valence-electron chi connectivity index (χ4n) is 2.87. The maximum absolute atomic E-state index is 13.9. The maximum atomic E-state index is 13.9. The second kappa shape index (κ2) is 6.92. The summed E-state index contributed by atoms with van der Waals surface area (Å²) < 4.78 is 15.9. The quantitative estimate of drug-likeness (QED) is 0.739. The van der Waals surface area contributed by atoms with E-state index in [-0.39, 0.29) is 5.82 Å². The van der Waals surface area contributed by atoms with Crippen molar-refractivity contribution in [3.63, 3.8) is 0 Å². The molecule has 3 aromatic rings. The summed E-state index contributed by atoms with van der Waals surface area (Å²) in [6.45, 7) is 2.45. The SMILES string of the molecule is CCCCc1nc2ccccc2n1CC(O)c1ccccc1F. The van der Waals surface area contributed by atoms with Crippen LogP contribution >= 0.6 is 0 Å². The third kappa shape index (κ3) is 3.27. The minimum atomic E-state index is -0.894. The molecule has 0 spiro atoms. The number of para-hydroxylation sites is 2. The molecule has 1 unspecified atom stereocenters. The average molecular weight is 312 g/mol. The fraction of sp³-hybridized carbons (Fsp3) is 0.316. The van der Waals surface area contributed by atoms with Gasteiger partial charge in [0.2, 0.25) is 0 Å². The first-order valence-corrected chi connectivity index (χ1v) is 8.07. The highest BCUT2D eigenvalue weighted by molar-refractivity contribution is 5.75. The van der Waals surface area contributed by atoms with E-state index in [1.54, 1.807) is 18.2 Å². The Bertz CT molecular complexity index is 797. The van der Waals surface area contributed by atoms with Gasteiger partial charge in [-0.1, -0.05) is 43.7 Å². The van der Waals surface area contributed by atoms with Gasteiger partial charge in [-0.15, -0.1) is 0 Å². The van der Waals surface area contributed by atoms with Crippen molar-refractivity contribution in [2.75, 3.05) is 0 Å². The number of aryl methyl sites for hydroxylation is 1. The van der Waals surface area contributed by atoms with E-state index in [2.05, 4.69) is 11.9 Å². The molecule has 0 aliphatic carbocycles. The van der Waals surface area contributed by atoms with Crippen molar-refractivity contribution in [3.8, 4) is 0 Å². The number of benzene rings is 2. The highest BCUT2D eigenvalue weighted by Gasteiger charge is 2.17. The lowest BCUT2D eigenvalue weighted by Crippen LogP contribution is -2.13. The Labute approximate surface area is 135 Å². The minimum Gasteiger partial charge on any atom is -0.386 e. The highest BCUT2D eigenvalue weighted by atomic mass is 19.1. The molecule has 0 saturated carbocycles. The number of aromatic nitrogens is 2. The Morgan fingerprint density at radius 1 is 1.13 bits per heavy atom. The molecule has 3 nitrogen and oxygen atoms in total. The smallest absolute Gasteiger partial charge is 0.129 e. The van der Waals surface area contributed by atoms with Crippen LogP contribution in [0.1, 0.15) is 37.3 Å². The normalized spacial score (nSPS) is 12.7. The van der Waals surface area contributed by atoms with Crippen LogP contribution in [0.15, 0.2) is 48.5 Å². The Kier molecular flexibility index (Phi) is 4.72. The van der Waals surface area contributed by atoms with Gasteiger partial charge in [0.1, 0.15) is 11.6 Å². The van der Waals surface area contributed by atoms with E-state index in [1.165, 1.54) is 6.07 Å². The van der Waals surface area contributed by atoms with Crippen molar-refractivity contribution < 1.29 is 9.50 Å². The van der Waals surface area contributed by atoms with Gasteiger partial charge in [0.25, 0.3) is 0 Å². The summed E-state index contributed by atoms with van der Waals surface area (Å²) in [7, 11) is 0. The van der Waals surface area contributed by atoms with Gasteiger partial charge in [-0.25, -0.2) is 9.37 Å². The van der Waals surface area contributed by atoms with E-state index < -0.39 is 6.10 Å². The monoisotopic (exact) mass is 312 g/mol. The standard InChI is InChI=1S/C19H21FN2O/c1-2-3-12-19-21-16-10-6-7-11-17(16)22(19)13-18(23)14-8-4-5-9-15(14)20/h4-11,18,23H,2-3,12-13H2,1H3. The van der Waals surface area contributed by atoms with Crippen molar-refractivity contribution in [1.29, 1.82) is 0 Å². The van der Waals surface area contributed by atoms with Crippen LogP contribution in [0.2, 0.25) is 0 Å². The molecule has 0 saturated heterocycles. The Morgan fingerprint density at radius 3 is 2.65 bits per heavy atom. The summed E-state index contributed by atoms with van der Waals surface area (Å²) in [6.07, 6.45) is 2.09. The van der Waals surface area contributed by atoms with Gasteiger partial charge in [-0.3, -0.25) is 0 Å².